The van der Waals surface area contributed by atoms with Crippen molar-refractivity contribution in [1.82, 2.24) is 15.3 Å². The van der Waals surface area contributed by atoms with Gasteiger partial charge in [-0.3, -0.25) is 10.1 Å². The van der Waals surface area contributed by atoms with Crippen molar-refractivity contribution < 1.29 is 9.53 Å². The first-order valence-corrected chi connectivity index (χ1v) is 6.58. The maximum atomic E-state index is 11.7. The van der Waals surface area contributed by atoms with Gasteiger partial charge < -0.3 is 10.1 Å². The minimum Gasteiger partial charge on any atom is -0.368 e. The summed E-state index contributed by atoms with van der Waals surface area (Å²) in [5, 5.41) is 5.92. The highest BCUT2D eigenvalue weighted by Crippen LogP contribution is 2.07. The van der Waals surface area contributed by atoms with Crippen molar-refractivity contribution in [1.29, 1.82) is 0 Å². The molecule has 1 aromatic heterocycles. The lowest BCUT2D eigenvalue weighted by molar-refractivity contribution is -0.123. The monoisotopic (exact) mass is 264 g/mol. The van der Waals surface area contributed by atoms with E-state index >= 15 is 0 Å². The van der Waals surface area contributed by atoms with E-state index in [-0.39, 0.29) is 18.6 Å². The van der Waals surface area contributed by atoms with Crippen molar-refractivity contribution in [3.63, 3.8) is 0 Å². The molecule has 0 unspecified atom stereocenters. The Morgan fingerprint density at radius 3 is 2.63 bits per heavy atom. The van der Waals surface area contributed by atoms with Gasteiger partial charge in [0.15, 0.2) is 0 Å². The predicted molar refractivity (Wildman–Crippen MR) is 72.0 cm³/mol. The molecule has 6 heteroatoms. The van der Waals surface area contributed by atoms with Crippen LogP contribution >= 0.6 is 0 Å². The second-order valence-electron chi connectivity index (χ2n) is 4.78. The molecule has 1 aliphatic rings. The van der Waals surface area contributed by atoms with Crippen molar-refractivity contribution in [2.24, 2.45) is 0 Å². The third kappa shape index (κ3) is 4.57. The summed E-state index contributed by atoms with van der Waals surface area (Å²) in [5.41, 5.74) is 1.67. The topological polar surface area (TPSA) is 76.1 Å². The number of nitrogens with zero attached hydrogens (tertiary/aromatic N) is 2. The van der Waals surface area contributed by atoms with E-state index in [9.17, 15) is 4.79 Å². The smallest absolute Gasteiger partial charge is 0.252 e. The van der Waals surface area contributed by atoms with E-state index in [4.69, 9.17) is 4.74 Å². The third-order valence-corrected chi connectivity index (χ3v) is 2.97. The van der Waals surface area contributed by atoms with E-state index in [1.54, 1.807) is 0 Å². The van der Waals surface area contributed by atoms with E-state index in [0.29, 0.717) is 5.95 Å². The number of aromatic nitrogens is 2. The Kier molecular flexibility index (Phi) is 4.81. The normalized spacial score (nSPS) is 16.3. The fourth-order valence-electron chi connectivity index (χ4n) is 2.10. The molecule has 1 saturated heterocycles. The predicted octanol–water partition coefficient (Wildman–Crippen LogP) is 0.801. The number of hydrogen-bond acceptors (Lipinski definition) is 5. The number of ether oxygens (including phenoxy) is 1. The van der Waals surface area contributed by atoms with Gasteiger partial charge in [-0.2, -0.15) is 0 Å². The van der Waals surface area contributed by atoms with Crippen LogP contribution in [0.2, 0.25) is 0 Å². The summed E-state index contributed by atoms with van der Waals surface area (Å²) < 4.78 is 5.57. The first kappa shape index (κ1) is 13.9. The lowest BCUT2D eigenvalue weighted by Crippen LogP contribution is -2.34. The van der Waals surface area contributed by atoms with E-state index < -0.39 is 0 Å². The Morgan fingerprint density at radius 1 is 1.37 bits per heavy atom. The number of carbonyl (C=O) groups is 1. The van der Waals surface area contributed by atoms with Gasteiger partial charge in [-0.25, -0.2) is 9.97 Å². The van der Waals surface area contributed by atoms with Crippen LogP contribution in [0.4, 0.5) is 5.95 Å². The van der Waals surface area contributed by atoms with Gasteiger partial charge in [0.2, 0.25) is 5.95 Å². The van der Waals surface area contributed by atoms with Gasteiger partial charge in [-0.05, 0) is 45.8 Å². The van der Waals surface area contributed by atoms with Crippen LogP contribution in [0, 0.1) is 13.8 Å². The summed E-state index contributed by atoms with van der Waals surface area (Å²) >= 11 is 0. The highest BCUT2D eigenvalue weighted by Gasteiger charge is 2.15. The molecular weight excluding hydrogens is 244 g/mol. The molecule has 1 aliphatic heterocycles. The van der Waals surface area contributed by atoms with E-state index in [1.807, 2.05) is 19.9 Å². The summed E-state index contributed by atoms with van der Waals surface area (Å²) in [5.74, 6) is 0.139. The molecule has 104 valence electrons. The van der Waals surface area contributed by atoms with Crippen LogP contribution in [0.3, 0.4) is 0 Å². The van der Waals surface area contributed by atoms with Crippen molar-refractivity contribution in [3.05, 3.63) is 17.5 Å². The number of aryl methyl sites for hydroxylation is 2. The SMILES string of the molecule is Cc1cc(C)nc(NC(=O)COC2CCNCC2)n1. The van der Waals surface area contributed by atoms with Crippen molar-refractivity contribution >= 4 is 11.9 Å². The van der Waals surface area contributed by atoms with Crippen LogP contribution < -0.4 is 10.6 Å². The third-order valence-electron chi connectivity index (χ3n) is 2.97. The number of anilines is 1. The Bertz CT molecular complexity index is 424. The minimum absolute atomic E-state index is 0.0566. The maximum absolute atomic E-state index is 11.7. The van der Waals surface area contributed by atoms with Gasteiger partial charge in [-0.15, -0.1) is 0 Å². The van der Waals surface area contributed by atoms with Crippen LogP contribution in [0.15, 0.2) is 6.07 Å². The molecule has 0 saturated carbocycles. The summed E-state index contributed by atoms with van der Waals surface area (Å²) in [6.07, 6.45) is 2.08. The van der Waals surface area contributed by atoms with Crippen molar-refractivity contribution in [3.8, 4) is 0 Å². The lowest BCUT2D eigenvalue weighted by Gasteiger charge is -2.22. The van der Waals surface area contributed by atoms with Crippen LogP contribution in [0.1, 0.15) is 24.2 Å². The zero-order valence-electron chi connectivity index (χ0n) is 11.4. The molecule has 2 N–H and O–H groups in total. The van der Waals surface area contributed by atoms with Crippen molar-refractivity contribution in [2.45, 2.75) is 32.8 Å². The molecule has 1 amide bonds. The molecule has 2 heterocycles. The molecule has 0 spiro atoms. The molecule has 0 bridgehead atoms. The number of hydrogen-bond donors (Lipinski definition) is 2. The molecule has 0 radical (unpaired) electrons. The average molecular weight is 264 g/mol. The van der Waals surface area contributed by atoms with Gasteiger partial charge in [0.1, 0.15) is 6.61 Å². The average Bonchev–Trinajstić information content (AvgIpc) is 2.36. The first-order chi connectivity index (χ1) is 9.13. The Labute approximate surface area is 113 Å². The highest BCUT2D eigenvalue weighted by atomic mass is 16.5. The zero-order chi connectivity index (χ0) is 13.7. The Morgan fingerprint density at radius 2 is 2.00 bits per heavy atom. The van der Waals surface area contributed by atoms with E-state index in [1.165, 1.54) is 0 Å². The van der Waals surface area contributed by atoms with Crippen molar-refractivity contribution in [2.75, 3.05) is 25.0 Å². The van der Waals surface area contributed by atoms with Crippen LogP contribution in [-0.2, 0) is 9.53 Å². The quantitative estimate of drug-likeness (QED) is 0.841. The summed E-state index contributed by atoms with van der Waals surface area (Å²) in [6.45, 7) is 5.70. The van der Waals surface area contributed by atoms with Crippen LogP contribution in [0.25, 0.3) is 0 Å². The maximum Gasteiger partial charge on any atom is 0.252 e. The minimum atomic E-state index is -0.205. The molecule has 1 fully saturated rings. The molecule has 0 aromatic carbocycles. The molecule has 0 atom stereocenters. The first-order valence-electron chi connectivity index (χ1n) is 6.58. The number of rotatable bonds is 4. The molecule has 19 heavy (non-hydrogen) atoms. The number of amides is 1. The lowest BCUT2D eigenvalue weighted by atomic mass is 10.1. The fraction of sp³-hybridized carbons (Fsp3) is 0.615. The summed E-state index contributed by atoms with van der Waals surface area (Å²) in [6, 6.07) is 1.86. The summed E-state index contributed by atoms with van der Waals surface area (Å²) in [7, 11) is 0. The Hall–Kier alpha value is -1.53. The van der Waals surface area contributed by atoms with Gasteiger partial charge in [0.25, 0.3) is 5.91 Å². The standard InChI is InChI=1S/C13H20N4O2/c1-9-7-10(2)16-13(15-9)17-12(18)8-19-11-3-5-14-6-4-11/h7,11,14H,3-6,8H2,1-2H3,(H,15,16,17,18). The summed E-state index contributed by atoms with van der Waals surface area (Å²) in [4.78, 5) is 20.1. The number of carbonyl (C=O) groups excluding carboxylic acids is 1. The van der Waals surface area contributed by atoms with Crippen LogP contribution in [-0.4, -0.2) is 41.7 Å². The van der Waals surface area contributed by atoms with E-state index in [2.05, 4.69) is 20.6 Å². The number of nitrogens with one attached hydrogen (secondary N) is 2. The second-order valence-corrected chi connectivity index (χ2v) is 4.78. The van der Waals surface area contributed by atoms with Gasteiger partial charge in [-0.1, -0.05) is 0 Å². The highest BCUT2D eigenvalue weighted by molar-refractivity contribution is 5.89. The Balaban J connectivity index is 1.80. The zero-order valence-corrected chi connectivity index (χ0v) is 11.4. The van der Waals surface area contributed by atoms with Gasteiger partial charge in [0.05, 0.1) is 6.10 Å². The molecule has 0 aliphatic carbocycles. The van der Waals surface area contributed by atoms with Gasteiger partial charge >= 0.3 is 0 Å². The fourth-order valence-corrected chi connectivity index (χ4v) is 2.10. The largest absolute Gasteiger partial charge is 0.368 e. The molecule has 2 rings (SSSR count). The van der Waals surface area contributed by atoms with Gasteiger partial charge in [0, 0.05) is 11.4 Å². The van der Waals surface area contributed by atoms with Crippen LogP contribution in [0.5, 0.6) is 0 Å². The molecular formula is C13H20N4O2. The molecule has 1 aromatic rings. The van der Waals surface area contributed by atoms with E-state index in [0.717, 1.165) is 37.3 Å². The molecule has 6 nitrogen and oxygen atoms in total. The second kappa shape index (κ2) is 6.58. The number of piperidine rings is 1.